The van der Waals surface area contributed by atoms with Crippen LogP contribution >= 0.6 is 0 Å². The van der Waals surface area contributed by atoms with Gasteiger partial charge in [0.25, 0.3) is 0 Å². The van der Waals surface area contributed by atoms with E-state index in [-0.39, 0.29) is 18.5 Å². The average Bonchev–Trinajstić information content (AvgIpc) is 2.25. The second-order valence-electron chi connectivity index (χ2n) is 4.57. The summed E-state index contributed by atoms with van der Waals surface area (Å²) in [5.74, 6) is -0.916. The predicted octanol–water partition coefficient (Wildman–Crippen LogP) is 0.994. The Morgan fingerprint density at radius 1 is 1.28 bits per heavy atom. The maximum absolute atomic E-state index is 12.1. The molecule has 0 rings (SSSR count). The Labute approximate surface area is 108 Å². The van der Waals surface area contributed by atoms with Crippen LogP contribution in [0.15, 0.2) is 0 Å². The number of hydrogen-bond acceptors (Lipinski definition) is 3. The van der Waals surface area contributed by atoms with E-state index in [0.29, 0.717) is 19.5 Å². The zero-order valence-corrected chi connectivity index (χ0v) is 11.6. The molecule has 0 saturated heterocycles. The third-order valence-corrected chi connectivity index (χ3v) is 2.80. The smallest absolute Gasteiger partial charge is 0.319 e. The highest BCUT2D eigenvalue weighted by molar-refractivity contribution is 5.75. The molecule has 2 amide bonds. The summed E-state index contributed by atoms with van der Waals surface area (Å²) in [6.07, 6.45) is -0.0107. The van der Waals surface area contributed by atoms with Crippen LogP contribution in [0.2, 0.25) is 0 Å². The van der Waals surface area contributed by atoms with Crippen molar-refractivity contribution in [3.05, 3.63) is 0 Å². The van der Waals surface area contributed by atoms with E-state index in [9.17, 15) is 14.7 Å². The first-order valence-corrected chi connectivity index (χ1v) is 6.21. The van der Waals surface area contributed by atoms with Gasteiger partial charge in [0, 0.05) is 26.2 Å². The summed E-state index contributed by atoms with van der Waals surface area (Å²) in [6, 6.07) is -0.541. The fourth-order valence-corrected chi connectivity index (χ4v) is 1.69. The normalized spacial score (nSPS) is 13.8. The summed E-state index contributed by atoms with van der Waals surface area (Å²) in [5, 5.41) is 17.9. The summed E-state index contributed by atoms with van der Waals surface area (Å²) in [6.45, 7) is 6.12. The summed E-state index contributed by atoms with van der Waals surface area (Å²) < 4.78 is 0. The van der Waals surface area contributed by atoms with Gasteiger partial charge in [-0.15, -0.1) is 0 Å². The first-order valence-electron chi connectivity index (χ1n) is 6.21. The van der Waals surface area contributed by atoms with E-state index in [1.165, 1.54) is 9.80 Å². The fourth-order valence-electron chi connectivity index (χ4n) is 1.69. The topological polar surface area (TPSA) is 81.1 Å². The Morgan fingerprint density at radius 2 is 1.83 bits per heavy atom. The van der Waals surface area contributed by atoms with Crippen molar-refractivity contribution in [2.75, 3.05) is 20.1 Å². The van der Waals surface area contributed by atoms with Crippen molar-refractivity contribution in [1.82, 2.24) is 9.80 Å². The molecule has 0 radical (unpaired) electrons. The van der Waals surface area contributed by atoms with Crippen molar-refractivity contribution in [2.24, 2.45) is 0 Å². The van der Waals surface area contributed by atoms with Gasteiger partial charge in [0.1, 0.15) is 0 Å². The fraction of sp³-hybridized carbons (Fsp3) is 0.833. The van der Waals surface area contributed by atoms with Crippen LogP contribution in [0.1, 0.15) is 33.6 Å². The first-order chi connectivity index (χ1) is 8.29. The number of hydrogen-bond donors (Lipinski definition) is 2. The molecule has 0 heterocycles. The van der Waals surface area contributed by atoms with E-state index < -0.39 is 12.1 Å². The highest BCUT2D eigenvalue weighted by Gasteiger charge is 2.23. The van der Waals surface area contributed by atoms with Gasteiger partial charge in [-0.25, -0.2) is 4.79 Å². The van der Waals surface area contributed by atoms with Gasteiger partial charge >= 0.3 is 12.0 Å². The summed E-state index contributed by atoms with van der Waals surface area (Å²) in [4.78, 5) is 25.8. The second kappa shape index (κ2) is 7.92. The molecule has 0 aliphatic carbocycles. The summed E-state index contributed by atoms with van der Waals surface area (Å²) in [5.41, 5.74) is 0. The van der Waals surface area contributed by atoms with Crippen molar-refractivity contribution in [3.63, 3.8) is 0 Å². The van der Waals surface area contributed by atoms with Crippen molar-refractivity contribution in [2.45, 2.75) is 45.8 Å². The zero-order valence-electron chi connectivity index (χ0n) is 11.6. The van der Waals surface area contributed by atoms with Crippen molar-refractivity contribution < 1.29 is 19.8 Å². The molecule has 0 aromatic heterocycles. The Bertz CT molecular complexity index is 281. The number of amides is 2. The minimum Gasteiger partial charge on any atom is -0.481 e. The van der Waals surface area contributed by atoms with Crippen LogP contribution in [0.25, 0.3) is 0 Å². The van der Waals surface area contributed by atoms with E-state index in [4.69, 9.17) is 5.11 Å². The Hall–Kier alpha value is -1.30. The van der Waals surface area contributed by atoms with E-state index in [2.05, 4.69) is 0 Å². The highest BCUT2D eigenvalue weighted by atomic mass is 16.4. The minimum atomic E-state index is -0.916. The van der Waals surface area contributed by atoms with Gasteiger partial charge in [0.15, 0.2) is 0 Å². The minimum absolute atomic E-state index is 0.0657. The predicted molar refractivity (Wildman–Crippen MR) is 68.4 cm³/mol. The summed E-state index contributed by atoms with van der Waals surface area (Å²) in [7, 11) is 1.65. The number of aliphatic hydroxyl groups excluding tert-OH is 1. The molecular weight excluding hydrogens is 236 g/mol. The molecule has 0 bridgehead atoms. The number of aliphatic hydroxyl groups is 1. The van der Waals surface area contributed by atoms with Crippen LogP contribution in [-0.4, -0.2) is 64.3 Å². The lowest BCUT2D eigenvalue weighted by molar-refractivity contribution is -0.138. The van der Waals surface area contributed by atoms with Crippen LogP contribution in [0.3, 0.4) is 0 Å². The van der Waals surface area contributed by atoms with Gasteiger partial charge in [-0.1, -0.05) is 0 Å². The molecule has 0 spiro atoms. The summed E-state index contributed by atoms with van der Waals surface area (Å²) >= 11 is 0. The number of carbonyl (C=O) groups excluding carboxylic acids is 1. The molecule has 0 aliphatic heterocycles. The van der Waals surface area contributed by atoms with E-state index >= 15 is 0 Å². The third kappa shape index (κ3) is 5.86. The molecule has 18 heavy (non-hydrogen) atoms. The second-order valence-corrected chi connectivity index (χ2v) is 4.57. The van der Waals surface area contributed by atoms with E-state index in [1.807, 2.05) is 6.92 Å². The Balaban J connectivity index is 4.45. The molecule has 106 valence electrons. The number of nitrogens with zero attached hydrogens (tertiary/aromatic N) is 2. The number of carbonyl (C=O) groups is 2. The van der Waals surface area contributed by atoms with Gasteiger partial charge in [-0.3, -0.25) is 4.79 Å². The maximum Gasteiger partial charge on any atom is 0.319 e. The average molecular weight is 260 g/mol. The lowest BCUT2D eigenvalue weighted by Crippen LogP contribution is -2.46. The number of rotatable bonds is 7. The molecule has 0 aromatic rings. The Morgan fingerprint density at radius 3 is 2.22 bits per heavy atom. The number of urea groups is 1. The molecule has 0 aromatic carbocycles. The largest absolute Gasteiger partial charge is 0.481 e. The molecule has 6 nitrogen and oxygen atoms in total. The molecule has 6 heteroatoms. The molecule has 2 N–H and O–H groups in total. The van der Waals surface area contributed by atoms with Gasteiger partial charge < -0.3 is 20.0 Å². The zero-order chi connectivity index (χ0) is 14.3. The quantitative estimate of drug-likeness (QED) is 0.715. The highest BCUT2D eigenvalue weighted by Crippen LogP contribution is 2.08. The number of carboxylic acid groups (broad SMARTS) is 1. The monoisotopic (exact) mass is 260 g/mol. The van der Waals surface area contributed by atoms with Crippen molar-refractivity contribution in [3.8, 4) is 0 Å². The van der Waals surface area contributed by atoms with Crippen LogP contribution < -0.4 is 0 Å². The number of aliphatic carboxylic acids is 1. The number of carboxylic acids is 1. The lowest BCUT2D eigenvalue weighted by atomic mass is 10.2. The third-order valence-electron chi connectivity index (χ3n) is 2.80. The van der Waals surface area contributed by atoms with Gasteiger partial charge in [0.2, 0.25) is 0 Å². The Kier molecular flexibility index (Phi) is 7.35. The molecule has 2 unspecified atom stereocenters. The van der Waals surface area contributed by atoms with E-state index in [0.717, 1.165) is 0 Å². The maximum atomic E-state index is 12.1. The van der Waals surface area contributed by atoms with Gasteiger partial charge in [0.05, 0.1) is 12.5 Å². The van der Waals surface area contributed by atoms with Gasteiger partial charge in [-0.2, -0.15) is 0 Å². The molecular formula is C12H24N2O4. The molecule has 0 fully saturated rings. The SMILES string of the molecule is CCN(C(=O)N(C)CCC(C)O)C(C)CC(=O)O. The van der Waals surface area contributed by atoms with Crippen LogP contribution in [0, 0.1) is 0 Å². The lowest BCUT2D eigenvalue weighted by Gasteiger charge is -2.31. The molecule has 0 aliphatic rings. The first kappa shape index (κ1) is 16.7. The standard InChI is InChI=1S/C12H24N2O4/c1-5-14(9(2)8-11(16)17)12(18)13(4)7-6-10(3)15/h9-10,15H,5-8H2,1-4H3,(H,16,17). The molecule has 0 saturated carbocycles. The van der Waals surface area contributed by atoms with Crippen LogP contribution in [-0.2, 0) is 4.79 Å². The van der Waals surface area contributed by atoms with Crippen LogP contribution in [0.5, 0.6) is 0 Å². The molecule has 2 atom stereocenters. The van der Waals surface area contributed by atoms with Crippen molar-refractivity contribution in [1.29, 1.82) is 0 Å². The van der Waals surface area contributed by atoms with Gasteiger partial charge in [-0.05, 0) is 27.2 Å². The van der Waals surface area contributed by atoms with Crippen molar-refractivity contribution >= 4 is 12.0 Å². The van der Waals surface area contributed by atoms with E-state index in [1.54, 1.807) is 20.9 Å². The van der Waals surface area contributed by atoms with Crippen LogP contribution in [0.4, 0.5) is 4.79 Å².